The van der Waals surface area contributed by atoms with Crippen molar-refractivity contribution >= 4 is 23.4 Å². The van der Waals surface area contributed by atoms with Gasteiger partial charge in [0.15, 0.2) is 0 Å². The fourth-order valence-electron chi connectivity index (χ4n) is 1.69. The predicted molar refractivity (Wildman–Crippen MR) is 80.8 cm³/mol. The first-order chi connectivity index (χ1) is 8.79. The molecule has 0 spiro atoms. The van der Waals surface area contributed by atoms with Gasteiger partial charge >= 0.3 is 0 Å². The maximum atomic E-state index is 6.22. The van der Waals surface area contributed by atoms with Crippen LogP contribution in [0.25, 0.3) is 0 Å². The van der Waals surface area contributed by atoms with Gasteiger partial charge in [-0.15, -0.1) is 0 Å². The van der Waals surface area contributed by atoms with Gasteiger partial charge in [0.2, 0.25) is 0 Å². The van der Waals surface area contributed by atoms with Crippen molar-refractivity contribution in [3.63, 3.8) is 0 Å². The summed E-state index contributed by atoms with van der Waals surface area (Å²) in [6.07, 6.45) is 0. The fourth-order valence-corrected chi connectivity index (χ4v) is 3.04. The third-order valence-electron chi connectivity index (χ3n) is 2.72. The van der Waals surface area contributed by atoms with Crippen LogP contribution in [0.4, 0.5) is 0 Å². The molecule has 2 aromatic carbocycles. The summed E-state index contributed by atoms with van der Waals surface area (Å²) in [5, 5.41) is 0.818. The van der Waals surface area contributed by atoms with E-state index in [9.17, 15) is 0 Å². The molecule has 0 aromatic heterocycles. The average Bonchev–Trinajstić information content (AvgIpc) is 2.42. The Bertz CT molecular complexity index is 499. The zero-order valence-corrected chi connectivity index (χ0v) is 11.7. The molecule has 0 aliphatic heterocycles. The first kappa shape index (κ1) is 13.5. The maximum Gasteiger partial charge on any atom is 0.0449 e. The third kappa shape index (κ3) is 3.77. The average molecular weight is 278 g/mol. The highest BCUT2D eigenvalue weighted by Gasteiger charge is 2.02. The lowest BCUT2D eigenvalue weighted by molar-refractivity contribution is 1.07. The second kappa shape index (κ2) is 6.83. The Kier molecular flexibility index (Phi) is 5.12. The van der Waals surface area contributed by atoms with E-state index in [-0.39, 0.29) is 0 Å². The SMILES string of the molecule is NCc1ccc(CSCc2ccccc2)c(Cl)c1. The van der Waals surface area contributed by atoms with E-state index in [1.165, 1.54) is 11.1 Å². The monoisotopic (exact) mass is 277 g/mol. The minimum absolute atomic E-state index is 0.539. The molecule has 18 heavy (non-hydrogen) atoms. The summed E-state index contributed by atoms with van der Waals surface area (Å²) in [6, 6.07) is 16.5. The van der Waals surface area contributed by atoms with E-state index in [4.69, 9.17) is 17.3 Å². The molecule has 0 unspecified atom stereocenters. The van der Waals surface area contributed by atoms with Crippen LogP contribution in [0.5, 0.6) is 0 Å². The standard InChI is InChI=1S/C15H16ClNS/c16-15-8-13(9-17)6-7-14(15)11-18-10-12-4-2-1-3-5-12/h1-8H,9-11,17H2. The second-order valence-electron chi connectivity index (χ2n) is 4.11. The van der Waals surface area contributed by atoms with Gasteiger partial charge in [-0.25, -0.2) is 0 Å². The van der Waals surface area contributed by atoms with Gasteiger partial charge in [-0.1, -0.05) is 54.1 Å². The van der Waals surface area contributed by atoms with Gasteiger partial charge in [0.05, 0.1) is 0 Å². The summed E-state index contributed by atoms with van der Waals surface area (Å²) in [4.78, 5) is 0. The highest BCUT2D eigenvalue weighted by Crippen LogP contribution is 2.24. The number of benzene rings is 2. The number of hydrogen-bond acceptors (Lipinski definition) is 2. The maximum absolute atomic E-state index is 6.22. The first-order valence-corrected chi connectivity index (χ1v) is 7.42. The Hall–Kier alpha value is -0.960. The summed E-state index contributed by atoms with van der Waals surface area (Å²) in [5.41, 5.74) is 9.18. The molecule has 0 saturated heterocycles. The van der Waals surface area contributed by atoms with Crippen LogP contribution in [0.2, 0.25) is 5.02 Å². The van der Waals surface area contributed by atoms with Crippen LogP contribution >= 0.6 is 23.4 Å². The van der Waals surface area contributed by atoms with Gasteiger partial charge in [-0.05, 0) is 22.8 Å². The van der Waals surface area contributed by atoms with Crippen molar-refractivity contribution in [2.45, 2.75) is 18.1 Å². The van der Waals surface area contributed by atoms with Gasteiger partial charge in [0, 0.05) is 23.1 Å². The van der Waals surface area contributed by atoms with Crippen molar-refractivity contribution in [2.24, 2.45) is 5.73 Å². The lowest BCUT2D eigenvalue weighted by atomic mass is 10.1. The van der Waals surface area contributed by atoms with Crippen molar-refractivity contribution in [2.75, 3.05) is 0 Å². The topological polar surface area (TPSA) is 26.0 Å². The zero-order chi connectivity index (χ0) is 12.8. The molecule has 0 saturated carbocycles. The van der Waals surface area contributed by atoms with E-state index in [1.54, 1.807) is 0 Å². The third-order valence-corrected chi connectivity index (χ3v) is 4.13. The molecule has 2 aromatic rings. The molecular formula is C15H16ClNS. The molecule has 2 rings (SSSR count). The molecule has 0 atom stereocenters. The summed E-state index contributed by atoms with van der Waals surface area (Å²) in [7, 11) is 0. The molecule has 3 heteroatoms. The van der Waals surface area contributed by atoms with Gasteiger partial charge < -0.3 is 5.73 Å². The number of halogens is 1. The van der Waals surface area contributed by atoms with Crippen molar-refractivity contribution in [3.8, 4) is 0 Å². The fraction of sp³-hybridized carbons (Fsp3) is 0.200. The molecule has 0 aliphatic carbocycles. The van der Waals surface area contributed by atoms with Crippen molar-refractivity contribution in [3.05, 3.63) is 70.2 Å². The van der Waals surface area contributed by atoms with E-state index < -0.39 is 0 Å². The van der Waals surface area contributed by atoms with Gasteiger partial charge in [-0.3, -0.25) is 0 Å². The van der Waals surface area contributed by atoms with Crippen LogP contribution in [0.15, 0.2) is 48.5 Å². The molecule has 0 radical (unpaired) electrons. The largest absolute Gasteiger partial charge is 0.326 e. The minimum atomic E-state index is 0.539. The molecular weight excluding hydrogens is 262 g/mol. The van der Waals surface area contributed by atoms with Gasteiger partial charge in [0.25, 0.3) is 0 Å². The summed E-state index contributed by atoms with van der Waals surface area (Å²) < 4.78 is 0. The van der Waals surface area contributed by atoms with E-state index in [0.717, 1.165) is 22.1 Å². The summed E-state index contributed by atoms with van der Waals surface area (Å²) in [5.74, 6) is 1.94. The predicted octanol–water partition coefficient (Wildman–Crippen LogP) is 4.23. The van der Waals surface area contributed by atoms with Gasteiger partial charge in [-0.2, -0.15) is 11.8 Å². The van der Waals surface area contributed by atoms with Crippen LogP contribution in [-0.2, 0) is 18.1 Å². The Labute approximate surface area is 117 Å². The van der Waals surface area contributed by atoms with Crippen LogP contribution in [0, 0.1) is 0 Å². The molecule has 1 nitrogen and oxygen atoms in total. The summed E-state index contributed by atoms with van der Waals surface area (Å²) >= 11 is 8.09. The smallest absolute Gasteiger partial charge is 0.0449 e. The Morgan fingerprint density at radius 1 is 0.944 bits per heavy atom. The normalized spacial score (nSPS) is 10.6. The van der Waals surface area contributed by atoms with E-state index >= 15 is 0 Å². The van der Waals surface area contributed by atoms with Crippen molar-refractivity contribution in [1.82, 2.24) is 0 Å². The highest BCUT2D eigenvalue weighted by atomic mass is 35.5. The van der Waals surface area contributed by atoms with Crippen molar-refractivity contribution < 1.29 is 0 Å². The Morgan fingerprint density at radius 2 is 1.72 bits per heavy atom. The molecule has 94 valence electrons. The lowest BCUT2D eigenvalue weighted by Crippen LogP contribution is -1.96. The summed E-state index contributed by atoms with van der Waals surface area (Å²) in [6.45, 7) is 0.539. The molecule has 2 N–H and O–H groups in total. The quantitative estimate of drug-likeness (QED) is 0.885. The molecule has 0 heterocycles. The van der Waals surface area contributed by atoms with Crippen LogP contribution in [0.1, 0.15) is 16.7 Å². The number of hydrogen-bond donors (Lipinski definition) is 1. The van der Waals surface area contributed by atoms with Crippen LogP contribution in [-0.4, -0.2) is 0 Å². The van der Waals surface area contributed by atoms with E-state index in [1.807, 2.05) is 30.0 Å². The van der Waals surface area contributed by atoms with Crippen molar-refractivity contribution in [1.29, 1.82) is 0 Å². The lowest BCUT2D eigenvalue weighted by Gasteiger charge is -2.06. The molecule has 0 amide bonds. The number of rotatable bonds is 5. The van der Waals surface area contributed by atoms with Crippen LogP contribution in [0.3, 0.4) is 0 Å². The Morgan fingerprint density at radius 3 is 2.39 bits per heavy atom. The molecule has 0 fully saturated rings. The second-order valence-corrected chi connectivity index (χ2v) is 5.50. The number of nitrogens with two attached hydrogens (primary N) is 1. The van der Waals surface area contributed by atoms with Gasteiger partial charge in [0.1, 0.15) is 0 Å². The van der Waals surface area contributed by atoms with Crippen LogP contribution < -0.4 is 5.73 Å². The minimum Gasteiger partial charge on any atom is -0.326 e. The van der Waals surface area contributed by atoms with E-state index in [2.05, 4.69) is 30.3 Å². The molecule has 0 aliphatic rings. The molecule has 0 bridgehead atoms. The highest BCUT2D eigenvalue weighted by molar-refractivity contribution is 7.97. The van der Waals surface area contributed by atoms with E-state index in [0.29, 0.717) is 6.54 Å². The Balaban J connectivity index is 1.91. The number of thioether (sulfide) groups is 1. The first-order valence-electron chi connectivity index (χ1n) is 5.88. The zero-order valence-electron chi connectivity index (χ0n) is 10.1.